The molecule has 0 atom stereocenters. The van der Waals surface area contributed by atoms with Gasteiger partial charge in [-0.15, -0.1) is 0 Å². The molecular weight excluding hydrogens is 158 g/mol. The van der Waals surface area contributed by atoms with Crippen molar-refractivity contribution in [3.63, 3.8) is 0 Å². The van der Waals surface area contributed by atoms with Crippen LogP contribution < -0.4 is 0 Å². The van der Waals surface area contributed by atoms with Gasteiger partial charge in [0.1, 0.15) is 0 Å². The Morgan fingerprint density at radius 2 is 1.62 bits per heavy atom. The van der Waals surface area contributed by atoms with Crippen LogP contribution in [0.4, 0.5) is 0 Å². The van der Waals surface area contributed by atoms with Crippen LogP contribution in [0.1, 0.15) is 59.3 Å². The van der Waals surface area contributed by atoms with E-state index in [2.05, 4.69) is 25.7 Å². The van der Waals surface area contributed by atoms with Gasteiger partial charge in [-0.25, -0.2) is 0 Å². The molecule has 13 heavy (non-hydrogen) atoms. The maximum Gasteiger partial charge on any atom is 0.0216 e. The molecule has 2 fully saturated rings. The van der Waals surface area contributed by atoms with E-state index < -0.39 is 0 Å². The van der Waals surface area contributed by atoms with Crippen molar-refractivity contribution >= 4 is 0 Å². The Morgan fingerprint density at radius 1 is 0.923 bits per heavy atom. The Balaban J connectivity index is 2.13. The third-order valence-corrected chi connectivity index (χ3v) is 3.73. The van der Waals surface area contributed by atoms with Crippen molar-refractivity contribution in [2.24, 2.45) is 0 Å². The maximum absolute atomic E-state index is 2.78. The Labute approximate surface area is 82.5 Å². The molecule has 1 nitrogen and oxygen atoms in total. The fourth-order valence-electron chi connectivity index (χ4n) is 2.98. The predicted octanol–water partition coefficient (Wildman–Crippen LogP) is 3.19. The van der Waals surface area contributed by atoms with E-state index >= 15 is 0 Å². The number of hydrogen-bond donors (Lipinski definition) is 0. The van der Waals surface area contributed by atoms with Gasteiger partial charge in [-0.3, -0.25) is 4.90 Å². The molecule has 0 unspecified atom stereocenters. The molecule has 1 aliphatic carbocycles. The second-order valence-electron chi connectivity index (χ2n) is 5.86. The van der Waals surface area contributed by atoms with Crippen molar-refractivity contribution in [3.8, 4) is 0 Å². The van der Waals surface area contributed by atoms with Crippen LogP contribution >= 0.6 is 0 Å². The van der Waals surface area contributed by atoms with Gasteiger partial charge >= 0.3 is 0 Å². The van der Waals surface area contributed by atoms with Gasteiger partial charge in [-0.2, -0.15) is 0 Å². The van der Waals surface area contributed by atoms with Crippen molar-refractivity contribution in [1.82, 2.24) is 4.90 Å². The molecule has 0 aromatic carbocycles. The van der Waals surface area contributed by atoms with E-state index in [1.54, 1.807) is 0 Å². The van der Waals surface area contributed by atoms with E-state index in [9.17, 15) is 0 Å². The van der Waals surface area contributed by atoms with Gasteiger partial charge in [0.25, 0.3) is 0 Å². The Hall–Kier alpha value is -0.0400. The van der Waals surface area contributed by atoms with Crippen molar-refractivity contribution in [2.45, 2.75) is 70.4 Å². The molecule has 1 spiro atoms. The van der Waals surface area contributed by atoms with Crippen LogP contribution in [-0.4, -0.2) is 22.5 Å². The molecule has 76 valence electrons. The SMILES string of the molecule is CC(C)(C)N1CCCCCC12CC2. The fraction of sp³-hybridized carbons (Fsp3) is 1.00. The highest BCUT2D eigenvalue weighted by molar-refractivity contribution is 5.07. The second kappa shape index (κ2) is 2.98. The molecule has 0 aromatic rings. The fourth-order valence-corrected chi connectivity index (χ4v) is 2.98. The molecule has 1 saturated heterocycles. The summed E-state index contributed by atoms with van der Waals surface area (Å²) in [6.45, 7) is 8.46. The van der Waals surface area contributed by atoms with Crippen LogP contribution in [0.3, 0.4) is 0 Å². The topological polar surface area (TPSA) is 3.24 Å². The van der Waals surface area contributed by atoms with Crippen LogP contribution in [0.5, 0.6) is 0 Å². The molecule has 0 N–H and O–H groups in total. The van der Waals surface area contributed by atoms with Crippen molar-refractivity contribution in [1.29, 1.82) is 0 Å². The van der Waals surface area contributed by atoms with Gasteiger partial charge in [-0.05, 0) is 53.0 Å². The highest BCUT2D eigenvalue weighted by Crippen LogP contribution is 2.50. The number of likely N-dealkylation sites (tertiary alicyclic amines) is 1. The summed E-state index contributed by atoms with van der Waals surface area (Å²) in [5.41, 5.74) is 1.04. The standard InChI is InChI=1S/C12H23N/c1-11(2,3)13-10-6-4-5-7-12(13)8-9-12/h4-10H2,1-3H3. The molecule has 0 bridgehead atoms. The molecule has 1 saturated carbocycles. The molecule has 1 heterocycles. The summed E-state index contributed by atoms with van der Waals surface area (Å²) >= 11 is 0. The third-order valence-electron chi connectivity index (χ3n) is 3.73. The van der Waals surface area contributed by atoms with E-state index in [1.165, 1.54) is 45.1 Å². The highest BCUT2D eigenvalue weighted by atomic mass is 15.3. The zero-order valence-electron chi connectivity index (χ0n) is 9.40. The van der Waals surface area contributed by atoms with Gasteiger partial charge in [-0.1, -0.05) is 12.8 Å². The molecular formula is C12H23N. The quantitative estimate of drug-likeness (QED) is 0.555. The lowest BCUT2D eigenvalue weighted by molar-refractivity contribution is 0.0697. The van der Waals surface area contributed by atoms with Gasteiger partial charge in [0.05, 0.1) is 0 Å². The number of hydrogen-bond acceptors (Lipinski definition) is 1. The second-order valence-corrected chi connectivity index (χ2v) is 5.86. The molecule has 2 rings (SSSR count). The van der Waals surface area contributed by atoms with Crippen LogP contribution in [0.15, 0.2) is 0 Å². The summed E-state index contributed by atoms with van der Waals surface area (Å²) in [7, 11) is 0. The minimum atomic E-state index is 0.390. The molecule has 0 radical (unpaired) electrons. The molecule has 0 aromatic heterocycles. The minimum absolute atomic E-state index is 0.390. The first kappa shape index (κ1) is 9.51. The van der Waals surface area contributed by atoms with Gasteiger partial charge in [0.2, 0.25) is 0 Å². The van der Waals surface area contributed by atoms with Crippen LogP contribution in [0.25, 0.3) is 0 Å². The molecule has 2 aliphatic rings. The zero-order valence-corrected chi connectivity index (χ0v) is 9.40. The Bertz CT molecular complexity index is 186. The average Bonchev–Trinajstić information content (AvgIpc) is 2.78. The largest absolute Gasteiger partial charge is 0.293 e. The summed E-state index contributed by atoms with van der Waals surface area (Å²) in [4.78, 5) is 2.78. The normalized spacial score (nSPS) is 28.8. The predicted molar refractivity (Wildman–Crippen MR) is 56.9 cm³/mol. The van der Waals surface area contributed by atoms with Crippen LogP contribution in [0, 0.1) is 0 Å². The molecule has 1 aliphatic heterocycles. The summed E-state index contributed by atoms with van der Waals surface area (Å²) < 4.78 is 0. The van der Waals surface area contributed by atoms with Gasteiger partial charge < -0.3 is 0 Å². The minimum Gasteiger partial charge on any atom is -0.293 e. The molecule has 0 amide bonds. The lowest BCUT2D eigenvalue weighted by atomic mass is 10.00. The smallest absolute Gasteiger partial charge is 0.0216 e. The summed E-state index contributed by atoms with van der Waals surface area (Å²) in [5, 5.41) is 0. The van der Waals surface area contributed by atoms with E-state index in [1.807, 2.05) is 0 Å². The van der Waals surface area contributed by atoms with E-state index in [4.69, 9.17) is 0 Å². The van der Waals surface area contributed by atoms with Crippen molar-refractivity contribution < 1.29 is 0 Å². The first-order chi connectivity index (χ1) is 6.05. The summed E-state index contributed by atoms with van der Waals surface area (Å²) in [6, 6.07) is 0. The summed E-state index contributed by atoms with van der Waals surface area (Å²) in [5.74, 6) is 0. The lowest BCUT2D eigenvalue weighted by Gasteiger charge is -2.41. The summed E-state index contributed by atoms with van der Waals surface area (Å²) in [6.07, 6.45) is 8.72. The van der Waals surface area contributed by atoms with E-state index in [0.717, 1.165) is 0 Å². The maximum atomic E-state index is 2.78. The lowest BCUT2D eigenvalue weighted by Crippen LogP contribution is -2.49. The highest BCUT2D eigenvalue weighted by Gasteiger charge is 2.50. The number of nitrogens with zero attached hydrogens (tertiary/aromatic N) is 1. The van der Waals surface area contributed by atoms with E-state index in [0.29, 0.717) is 11.1 Å². The average molecular weight is 181 g/mol. The molecule has 1 heteroatoms. The first-order valence-corrected chi connectivity index (χ1v) is 5.82. The van der Waals surface area contributed by atoms with Crippen molar-refractivity contribution in [3.05, 3.63) is 0 Å². The monoisotopic (exact) mass is 181 g/mol. The number of rotatable bonds is 0. The Morgan fingerprint density at radius 3 is 2.15 bits per heavy atom. The Kier molecular flexibility index (Phi) is 2.18. The van der Waals surface area contributed by atoms with Crippen molar-refractivity contribution in [2.75, 3.05) is 6.54 Å². The zero-order chi connectivity index (χ0) is 9.53. The van der Waals surface area contributed by atoms with E-state index in [-0.39, 0.29) is 0 Å². The first-order valence-electron chi connectivity index (χ1n) is 5.82. The third kappa shape index (κ3) is 1.76. The van der Waals surface area contributed by atoms with Crippen LogP contribution in [-0.2, 0) is 0 Å². The van der Waals surface area contributed by atoms with Gasteiger partial charge in [0.15, 0.2) is 0 Å². The van der Waals surface area contributed by atoms with Gasteiger partial charge in [0, 0.05) is 11.1 Å². The van der Waals surface area contributed by atoms with Crippen LogP contribution in [0.2, 0.25) is 0 Å².